The van der Waals surface area contributed by atoms with Crippen molar-refractivity contribution in [3.63, 3.8) is 0 Å². The van der Waals surface area contributed by atoms with Gasteiger partial charge in [0.15, 0.2) is 0 Å². The first-order valence-electron chi connectivity index (χ1n) is 4.11. The second-order valence-corrected chi connectivity index (χ2v) is 3.47. The van der Waals surface area contributed by atoms with Gasteiger partial charge in [0, 0.05) is 11.1 Å². The van der Waals surface area contributed by atoms with Crippen molar-refractivity contribution in [2.45, 2.75) is 6.92 Å². The summed E-state index contributed by atoms with van der Waals surface area (Å²) in [7, 11) is 0. The number of phenolic OH excluding ortho intramolecular Hbond substituents is 1. The Morgan fingerprint density at radius 1 is 1.43 bits per heavy atom. The van der Waals surface area contributed by atoms with E-state index in [-0.39, 0.29) is 11.3 Å². The number of aryl methyl sites for hydroxylation is 1. The first-order valence-corrected chi connectivity index (χ1v) is 4.49. The molecule has 0 bridgehead atoms. The summed E-state index contributed by atoms with van der Waals surface area (Å²) in [5.74, 6) is 0.0294. The second-order valence-electron chi connectivity index (χ2n) is 3.09. The Balaban J connectivity index is 3.11. The molecule has 1 aromatic heterocycles. The van der Waals surface area contributed by atoms with Crippen molar-refractivity contribution in [2.24, 2.45) is 0 Å². The van der Waals surface area contributed by atoms with Gasteiger partial charge in [0.2, 0.25) is 0 Å². The van der Waals surface area contributed by atoms with Gasteiger partial charge in [-0.15, -0.1) is 0 Å². The zero-order chi connectivity index (χ0) is 10.3. The van der Waals surface area contributed by atoms with E-state index in [9.17, 15) is 9.90 Å². The summed E-state index contributed by atoms with van der Waals surface area (Å²) in [6, 6.07) is 4.74. The lowest BCUT2D eigenvalue weighted by Gasteiger charge is -2.04. The number of hydrogen-bond acceptors (Lipinski definition) is 2. The van der Waals surface area contributed by atoms with E-state index < -0.39 is 0 Å². The fourth-order valence-electron chi connectivity index (χ4n) is 1.44. The first kappa shape index (κ1) is 9.09. The third kappa shape index (κ3) is 1.17. The van der Waals surface area contributed by atoms with E-state index in [0.29, 0.717) is 21.5 Å². The number of H-pyrrole nitrogens is 1. The topological polar surface area (TPSA) is 53.1 Å². The average Bonchev–Trinajstić information content (AvgIpc) is 2.14. The van der Waals surface area contributed by atoms with E-state index in [2.05, 4.69) is 4.98 Å². The van der Waals surface area contributed by atoms with Crippen molar-refractivity contribution < 1.29 is 5.11 Å². The van der Waals surface area contributed by atoms with Crippen LogP contribution in [0.1, 0.15) is 5.69 Å². The van der Waals surface area contributed by atoms with E-state index in [0.717, 1.165) is 0 Å². The second kappa shape index (κ2) is 3.03. The number of phenols is 1. The van der Waals surface area contributed by atoms with Crippen molar-refractivity contribution in [3.05, 3.63) is 39.3 Å². The molecule has 0 unspecified atom stereocenters. The summed E-state index contributed by atoms with van der Waals surface area (Å²) >= 11 is 5.97. The maximum absolute atomic E-state index is 11.5. The van der Waals surface area contributed by atoms with Gasteiger partial charge >= 0.3 is 0 Å². The van der Waals surface area contributed by atoms with Crippen LogP contribution in [0, 0.1) is 6.92 Å². The van der Waals surface area contributed by atoms with Crippen LogP contribution in [-0.4, -0.2) is 10.1 Å². The van der Waals surface area contributed by atoms with Crippen molar-refractivity contribution in [1.29, 1.82) is 0 Å². The summed E-state index contributed by atoms with van der Waals surface area (Å²) in [6.07, 6.45) is 0. The lowest BCUT2D eigenvalue weighted by atomic mass is 10.1. The van der Waals surface area contributed by atoms with Gasteiger partial charge in [-0.1, -0.05) is 17.7 Å². The fraction of sp³-hybridized carbons (Fsp3) is 0.100. The minimum atomic E-state index is -0.238. The first-order chi connectivity index (χ1) is 6.61. The van der Waals surface area contributed by atoms with Crippen LogP contribution in [0.4, 0.5) is 0 Å². The average molecular weight is 210 g/mol. The van der Waals surface area contributed by atoms with Crippen LogP contribution in [-0.2, 0) is 0 Å². The number of benzene rings is 1. The molecule has 0 saturated heterocycles. The largest absolute Gasteiger partial charge is 0.507 e. The third-order valence-corrected chi connectivity index (χ3v) is 2.61. The molecule has 0 spiro atoms. The Bertz CT molecular complexity index is 560. The van der Waals surface area contributed by atoms with Crippen LogP contribution >= 0.6 is 11.6 Å². The van der Waals surface area contributed by atoms with Gasteiger partial charge in [-0.3, -0.25) is 4.79 Å². The molecule has 0 atom stereocenters. The number of aromatic hydroxyl groups is 1. The summed E-state index contributed by atoms with van der Waals surface area (Å²) in [5, 5.41) is 10.8. The van der Waals surface area contributed by atoms with Gasteiger partial charge in [0.1, 0.15) is 5.75 Å². The van der Waals surface area contributed by atoms with Crippen LogP contribution in [0.15, 0.2) is 23.0 Å². The number of pyridine rings is 1. The van der Waals surface area contributed by atoms with E-state index >= 15 is 0 Å². The van der Waals surface area contributed by atoms with Crippen molar-refractivity contribution in [1.82, 2.24) is 4.98 Å². The fourth-order valence-corrected chi connectivity index (χ4v) is 1.69. The molecule has 2 N–H and O–H groups in total. The third-order valence-electron chi connectivity index (χ3n) is 2.14. The summed E-state index contributed by atoms with van der Waals surface area (Å²) in [6.45, 7) is 1.69. The molecule has 0 fully saturated rings. The van der Waals surface area contributed by atoms with Crippen molar-refractivity contribution in [2.75, 3.05) is 0 Å². The number of fused-ring (bicyclic) bond motifs is 1. The van der Waals surface area contributed by atoms with Gasteiger partial charge < -0.3 is 10.1 Å². The quantitative estimate of drug-likeness (QED) is 0.699. The molecule has 0 aliphatic rings. The maximum Gasteiger partial charge on any atom is 0.256 e. The SMILES string of the molecule is Cc1[nH]c(=O)c2cccc(O)c2c1Cl. The Labute approximate surface area is 85.0 Å². The van der Waals surface area contributed by atoms with Gasteiger partial charge in [-0.05, 0) is 19.1 Å². The Hall–Kier alpha value is -1.48. The molecular weight excluding hydrogens is 202 g/mol. The van der Waals surface area contributed by atoms with Crippen LogP contribution in [0.25, 0.3) is 10.8 Å². The van der Waals surface area contributed by atoms with Gasteiger partial charge in [0.25, 0.3) is 5.56 Å². The normalized spacial score (nSPS) is 10.7. The Morgan fingerprint density at radius 3 is 2.86 bits per heavy atom. The Kier molecular flexibility index (Phi) is 1.97. The molecule has 72 valence electrons. The highest BCUT2D eigenvalue weighted by Gasteiger charge is 2.09. The smallest absolute Gasteiger partial charge is 0.256 e. The molecule has 0 amide bonds. The molecule has 0 saturated carbocycles. The highest BCUT2D eigenvalue weighted by atomic mass is 35.5. The Morgan fingerprint density at radius 2 is 2.14 bits per heavy atom. The van der Waals surface area contributed by atoms with Crippen molar-refractivity contribution in [3.8, 4) is 5.75 Å². The number of rotatable bonds is 0. The standard InChI is InChI=1S/C10H8ClNO2/c1-5-9(11)8-6(10(14)12-5)3-2-4-7(8)13/h2-4,13H,1H3,(H,12,14). The van der Waals surface area contributed by atoms with E-state index in [1.807, 2.05) is 0 Å². The number of aromatic nitrogens is 1. The van der Waals surface area contributed by atoms with Crippen molar-refractivity contribution >= 4 is 22.4 Å². The predicted octanol–water partition coefficient (Wildman–Crippen LogP) is 2.20. The summed E-state index contributed by atoms with van der Waals surface area (Å²) in [5.41, 5.74) is 0.323. The molecule has 0 aliphatic carbocycles. The van der Waals surface area contributed by atoms with Crippen LogP contribution in [0.5, 0.6) is 5.75 Å². The molecule has 0 aliphatic heterocycles. The molecule has 14 heavy (non-hydrogen) atoms. The van der Waals surface area contributed by atoms with E-state index in [1.165, 1.54) is 6.07 Å². The lowest BCUT2D eigenvalue weighted by molar-refractivity contribution is 0.481. The number of hydrogen-bond donors (Lipinski definition) is 2. The van der Waals surface area contributed by atoms with Gasteiger partial charge in [0.05, 0.1) is 10.4 Å². The number of nitrogens with one attached hydrogen (secondary N) is 1. The summed E-state index contributed by atoms with van der Waals surface area (Å²) in [4.78, 5) is 14.1. The molecule has 1 heterocycles. The molecule has 0 radical (unpaired) electrons. The van der Waals surface area contributed by atoms with Gasteiger partial charge in [-0.25, -0.2) is 0 Å². The number of halogens is 1. The molecular formula is C10H8ClNO2. The zero-order valence-corrected chi connectivity index (χ0v) is 8.22. The minimum Gasteiger partial charge on any atom is -0.507 e. The lowest BCUT2D eigenvalue weighted by Crippen LogP contribution is -2.08. The maximum atomic E-state index is 11.5. The highest BCUT2D eigenvalue weighted by Crippen LogP contribution is 2.30. The van der Waals surface area contributed by atoms with Gasteiger partial charge in [-0.2, -0.15) is 0 Å². The molecule has 2 rings (SSSR count). The predicted molar refractivity (Wildman–Crippen MR) is 56.0 cm³/mol. The molecule has 3 nitrogen and oxygen atoms in total. The monoisotopic (exact) mass is 209 g/mol. The zero-order valence-electron chi connectivity index (χ0n) is 7.47. The minimum absolute atomic E-state index is 0.0294. The summed E-state index contributed by atoms with van der Waals surface area (Å²) < 4.78 is 0. The molecule has 2 aromatic rings. The van der Waals surface area contributed by atoms with Crippen LogP contribution in [0.3, 0.4) is 0 Å². The molecule has 1 aromatic carbocycles. The van der Waals surface area contributed by atoms with Crippen LogP contribution < -0.4 is 5.56 Å². The molecule has 4 heteroatoms. The number of aromatic amines is 1. The highest BCUT2D eigenvalue weighted by molar-refractivity contribution is 6.36. The van der Waals surface area contributed by atoms with E-state index in [4.69, 9.17) is 11.6 Å². The van der Waals surface area contributed by atoms with Crippen LogP contribution in [0.2, 0.25) is 5.02 Å². The van der Waals surface area contributed by atoms with E-state index in [1.54, 1.807) is 19.1 Å².